The van der Waals surface area contributed by atoms with E-state index in [1.165, 1.54) is 0 Å². The molecule has 0 saturated carbocycles. The number of para-hydroxylation sites is 2. The molecular formula is C23H20N4O2. The van der Waals surface area contributed by atoms with E-state index in [-0.39, 0.29) is 11.5 Å². The summed E-state index contributed by atoms with van der Waals surface area (Å²) < 4.78 is 1.72. The second kappa shape index (κ2) is 8.06. The molecule has 144 valence electrons. The van der Waals surface area contributed by atoms with Crippen molar-refractivity contribution < 1.29 is 4.79 Å². The quantitative estimate of drug-likeness (QED) is 0.574. The van der Waals surface area contributed by atoms with E-state index in [0.717, 1.165) is 22.2 Å². The average molecular weight is 384 g/mol. The van der Waals surface area contributed by atoms with Gasteiger partial charge in [0.15, 0.2) is 0 Å². The topological polar surface area (TPSA) is 76.9 Å². The second-order valence-corrected chi connectivity index (χ2v) is 6.82. The molecule has 1 N–H and O–H groups in total. The maximum absolute atomic E-state index is 12.6. The van der Waals surface area contributed by atoms with Gasteiger partial charge in [0, 0.05) is 24.5 Å². The summed E-state index contributed by atoms with van der Waals surface area (Å²) in [6.07, 6.45) is 3.42. The zero-order valence-corrected chi connectivity index (χ0v) is 16.0. The van der Waals surface area contributed by atoms with E-state index in [4.69, 9.17) is 0 Å². The largest absolute Gasteiger partial charge is 0.348 e. The molecule has 0 aliphatic rings. The van der Waals surface area contributed by atoms with Crippen LogP contribution in [0.5, 0.6) is 0 Å². The van der Waals surface area contributed by atoms with Crippen molar-refractivity contribution in [2.75, 3.05) is 0 Å². The van der Waals surface area contributed by atoms with Gasteiger partial charge in [0.1, 0.15) is 5.69 Å². The Morgan fingerprint density at radius 1 is 1.00 bits per heavy atom. The average Bonchev–Trinajstić information content (AvgIpc) is 2.76. The number of amides is 1. The fourth-order valence-electron chi connectivity index (χ4n) is 3.21. The van der Waals surface area contributed by atoms with Crippen LogP contribution in [0.2, 0.25) is 0 Å². The summed E-state index contributed by atoms with van der Waals surface area (Å²) in [5.74, 6) is -0.150. The minimum atomic E-state index is -0.150. The Morgan fingerprint density at radius 2 is 1.79 bits per heavy atom. The molecule has 0 spiro atoms. The van der Waals surface area contributed by atoms with Crippen molar-refractivity contribution in [3.05, 3.63) is 106 Å². The number of fused-ring (bicyclic) bond motifs is 1. The molecule has 1 amide bonds. The maximum Gasteiger partial charge on any atom is 0.272 e. The van der Waals surface area contributed by atoms with E-state index in [1.807, 2.05) is 48.5 Å². The van der Waals surface area contributed by atoms with Gasteiger partial charge in [-0.15, -0.1) is 0 Å². The predicted octanol–water partition coefficient (Wildman–Crippen LogP) is 3.08. The Balaban J connectivity index is 1.52. The predicted molar refractivity (Wildman–Crippen MR) is 112 cm³/mol. The smallest absolute Gasteiger partial charge is 0.272 e. The Bertz CT molecular complexity index is 1220. The van der Waals surface area contributed by atoms with Crippen LogP contribution in [0.15, 0.2) is 77.9 Å². The normalized spacial score (nSPS) is 10.8. The van der Waals surface area contributed by atoms with Crippen LogP contribution in [-0.2, 0) is 13.1 Å². The molecule has 0 aliphatic heterocycles. The molecule has 0 saturated heterocycles. The fourth-order valence-corrected chi connectivity index (χ4v) is 3.21. The standard InChI is InChI=1S/C23H20N4O2/c1-16-23(29)27(21-7-3-2-6-20(21)26-16)15-17-8-10-19(11-9-17)22(28)25-14-18-5-4-12-24-13-18/h2-13H,14-15H2,1H3,(H,25,28). The lowest BCUT2D eigenvalue weighted by Crippen LogP contribution is -2.25. The summed E-state index contributed by atoms with van der Waals surface area (Å²) in [7, 11) is 0. The molecule has 2 aromatic carbocycles. The third-order valence-electron chi connectivity index (χ3n) is 4.75. The number of aromatic nitrogens is 3. The van der Waals surface area contributed by atoms with Crippen molar-refractivity contribution in [2.24, 2.45) is 0 Å². The van der Waals surface area contributed by atoms with E-state index >= 15 is 0 Å². The molecule has 4 aromatic rings. The fraction of sp³-hybridized carbons (Fsp3) is 0.130. The first-order chi connectivity index (χ1) is 14.1. The van der Waals surface area contributed by atoms with Crippen molar-refractivity contribution in [3.8, 4) is 0 Å². The number of pyridine rings is 1. The molecule has 0 aliphatic carbocycles. The van der Waals surface area contributed by atoms with Gasteiger partial charge in [0.25, 0.3) is 11.5 Å². The molecule has 0 atom stereocenters. The first kappa shape index (κ1) is 18.6. The number of nitrogens with zero attached hydrogens (tertiary/aromatic N) is 3. The zero-order chi connectivity index (χ0) is 20.2. The monoisotopic (exact) mass is 384 g/mol. The van der Waals surface area contributed by atoms with Gasteiger partial charge in [-0.2, -0.15) is 0 Å². The summed E-state index contributed by atoms with van der Waals surface area (Å²) in [5.41, 5.74) is 4.39. The summed E-state index contributed by atoms with van der Waals surface area (Å²) in [6.45, 7) is 2.56. The first-order valence-corrected chi connectivity index (χ1v) is 9.34. The summed E-state index contributed by atoms with van der Waals surface area (Å²) in [5, 5.41) is 2.88. The van der Waals surface area contributed by atoms with E-state index in [9.17, 15) is 9.59 Å². The molecular weight excluding hydrogens is 364 g/mol. The number of rotatable bonds is 5. The second-order valence-electron chi connectivity index (χ2n) is 6.82. The number of hydrogen-bond acceptors (Lipinski definition) is 4. The molecule has 0 fully saturated rings. The van der Waals surface area contributed by atoms with Crippen LogP contribution in [-0.4, -0.2) is 20.4 Å². The molecule has 2 aromatic heterocycles. The lowest BCUT2D eigenvalue weighted by molar-refractivity contribution is 0.0951. The van der Waals surface area contributed by atoms with Gasteiger partial charge < -0.3 is 9.88 Å². The SMILES string of the molecule is Cc1nc2ccccc2n(Cc2ccc(C(=O)NCc3cccnc3)cc2)c1=O. The van der Waals surface area contributed by atoms with Crippen molar-refractivity contribution in [1.29, 1.82) is 0 Å². The minimum absolute atomic E-state index is 0.109. The number of carbonyl (C=O) groups excluding carboxylic acids is 1. The Labute approximate surface area is 167 Å². The highest BCUT2D eigenvalue weighted by molar-refractivity contribution is 5.94. The van der Waals surface area contributed by atoms with Crippen LogP contribution in [0.25, 0.3) is 11.0 Å². The van der Waals surface area contributed by atoms with Crippen molar-refractivity contribution in [3.63, 3.8) is 0 Å². The summed E-state index contributed by atoms with van der Waals surface area (Å²) >= 11 is 0. The van der Waals surface area contributed by atoms with Crippen LogP contribution in [0, 0.1) is 6.92 Å². The van der Waals surface area contributed by atoms with Gasteiger partial charge in [0.05, 0.1) is 17.6 Å². The van der Waals surface area contributed by atoms with E-state index in [1.54, 1.807) is 36.0 Å². The van der Waals surface area contributed by atoms with Gasteiger partial charge in [-0.05, 0) is 48.4 Å². The van der Waals surface area contributed by atoms with Gasteiger partial charge in [0.2, 0.25) is 0 Å². The molecule has 29 heavy (non-hydrogen) atoms. The number of nitrogens with one attached hydrogen (secondary N) is 1. The number of aryl methyl sites for hydroxylation is 1. The Hall–Kier alpha value is -3.80. The van der Waals surface area contributed by atoms with E-state index < -0.39 is 0 Å². The van der Waals surface area contributed by atoms with Crippen molar-refractivity contribution in [1.82, 2.24) is 19.9 Å². The first-order valence-electron chi connectivity index (χ1n) is 9.34. The number of benzene rings is 2. The van der Waals surface area contributed by atoms with Gasteiger partial charge in [-0.1, -0.05) is 30.3 Å². The highest BCUT2D eigenvalue weighted by atomic mass is 16.1. The zero-order valence-electron chi connectivity index (χ0n) is 16.0. The Morgan fingerprint density at radius 3 is 2.55 bits per heavy atom. The lowest BCUT2D eigenvalue weighted by atomic mass is 10.1. The minimum Gasteiger partial charge on any atom is -0.348 e. The molecule has 0 bridgehead atoms. The third kappa shape index (κ3) is 4.06. The van der Waals surface area contributed by atoms with Crippen LogP contribution < -0.4 is 10.9 Å². The summed E-state index contributed by atoms with van der Waals surface area (Å²) in [6, 6.07) is 18.6. The summed E-state index contributed by atoms with van der Waals surface area (Å²) in [4.78, 5) is 33.4. The van der Waals surface area contributed by atoms with Gasteiger partial charge in [-0.25, -0.2) is 4.98 Å². The van der Waals surface area contributed by atoms with Gasteiger partial charge >= 0.3 is 0 Å². The highest BCUT2D eigenvalue weighted by Gasteiger charge is 2.10. The van der Waals surface area contributed by atoms with Crippen molar-refractivity contribution in [2.45, 2.75) is 20.0 Å². The van der Waals surface area contributed by atoms with E-state index in [2.05, 4.69) is 15.3 Å². The van der Waals surface area contributed by atoms with Crippen molar-refractivity contribution >= 4 is 16.9 Å². The van der Waals surface area contributed by atoms with E-state index in [0.29, 0.717) is 24.3 Å². The molecule has 2 heterocycles. The molecule has 4 rings (SSSR count). The van der Waals surface area contributed by atoms with Crippen LogP contribution >= 0.6 is 0 Å². The van der Waals surface area contributed by atoms with Crippen LogP contribution in [0.1, 0.15) is 27.2 Å². The third-order valence-corrected chi connectivity index (χ3v) is 4.75. The molecule has 0 radical (unpaired) electrons. The maximum atomic E-state index is 12.6. The van der Waals surface area contributed by atoms with Crippen LogP contribution in [0.3, 0.4) is 0 Å². The molecule has 6 nitrogen and oxygen atoms in total. The number of carbonyl (C=O) groups is 1. The molecule has 0 unspecified atom stereocenters. The number of hydrogen-bond donors (Lipinski definition) is 1. The molecule has 6 heteroatoms. The highest BCUT2D eigenvalue weighted by Crippen LogP contribution is 2.13. The lowest BCUT2D eigenvalue weighted by Gasteiger charge is -2.12. The van der Waals surface area contributed by atoms with Gasteiger partial charge in [-0.3, -0.25) is 14.6 Å². The van der Waals surface area contributed by atoms with Crippen LogP contribution in [0.4, 0.5) is 0 Å². The Kier molecular flexibility index (Phi) is 5.16.